The van der Waals surface area contributed by atoms with Crippen LogP contribution >= 0.6 is 0 Å². The predicted molar refractivity (Wildman–Crippen MR) is 71.2 cm³/mol. The van der Waals surface area contributed by atoms with Crippen molar-refractivity contribution in [1.29, 1.82) is 0 Å². The molecule has 3 rings (SSSR count). The summed E-state index contributed by atoms with van der Waals surface area (Å²) in [5.74, 6) is -0.131. The number of fused-ring (bicyclic) bond motifs is 2. The monoisotopic (exact) mass is 313 g/mol. The highest BCUT2D eigenvalue weighted by Crippen LogP contribution is 2.28. The molecule has 2 atom stereocenters. The molecule has 1 aromatic rings. The maximum atomic E-state index is 12.3. The minimum absolute atomic E-state index is 0.0224. The number of aromatic nitrogens is 1. The molecule has 114 valence electrons. The van der Waals surface area contributed by atoms with Gasteiger partial charge in [0.15, 0.2) is 0 Å². The molecule has 8 nitrogen and oxygen atoms in total. The Kier molecular flexibility index (Phi) is 3.56. The molecule has 2 aliphatic heterocycles. The van der Waals surface area contributed by atoms with Crippen LogP contribution in [0.4, 0.5) is 0 Å². The van der Waals surface area contributed by atoms with E-state index in [4.69, 9.17) is 9.47 Å². The Morgan fingerprint density at radius 2 is 2.38 bits per heavy atom. The lowest BCUT2D eigenvalue weighted by atomic mass is 10.2. The topological polar surface area (TPSA) is 97.8 Å². The average molecular weight is 313 g/mol. The summed E-state index contributed by atoms with van der Waals surface area (Å²) >= 11 is 0. The van der Waals surface area contributed by atoms with E-state index in [-0.39, 0.29) is 29.8 Å². The average Bonchev–Trinajstić information content (AvgIpc) is 2.77. The quantitative estimate of drug-likeness (QED) is 0.750. The molecule has 1 aromatic heterocycles. The first-order valence-corrected chi connectivity index (χ1v) is 7.90. The van der Waals surface area contributed by atoms with E-state index in [1.807, 2.05) is 0 Å². The van der Waals surface area contributed by atoms with E-state index in [2.05, 4.69) is 9.71 Å². The second-order valence-corrected chi connectivity index (χ2v) is 6.60. The molecule has 1 fully saturated rings. The maximum Gasteiger partial charge on any atom is 0.248 e. The van der Waals surface area contributed by atoms with Crippen molar-refractivity contribution in [2.45, 2.75) is 17.0 Å². The third-order valence-corrected chi connectivity index (χ3v) is 4.98. The summed E-state index contributed by atoms with van der Waals surface area (Å²) in [5.41, 5.74) is 0. The van der Waals surface area contributed by atoms with E-state index in [0.29, 0.717) is 6.54 Å². The van der Waals surface area contributed by atoms with Gasteiger partial charge in [-0.2, -0.15) is 0 Å². The van der Waals surface area contributed by atoms with Gasteiger partial charge in [-0.25, -0.2) is 18.1 Å². The Morgan fingerprint density at radius 3 is 3.14 bits per heavy atom. The van der Waals surface area contributed by atoms with Crippen molar-refractivity contribution < 1.29 is 22.7 Å². The summed E-state index contributed by atoms with van der Waals surface area (Å²) in [6, 6.07) is 2.49. The Hall–Kier alpha value is -1.71. The summed E-state index contributed by atoms with van der Waals surface area (Å²) in [4.78, 5) is 17.4. The van der Waals surface area contributed by atoms with Crippen LogP contribution in [0.5, 0.6) is 5.88 Å². The largest absolute Gasteiger partial charge is 0.470 e. The molecule has 1 N–H and O–H groups in total. The van der Waals surface area contributed by atoms with E-state index in [1.165, 1.54) is 30.3 Å². The summed E-state index contributed by atoms with van der Waals surface area (Å²) < 4.78 is 37.6. The van der Waals surface area contributed by atoms with Gasteiger partial charge in [0.1, 0.15) is 17.6 Å². The number of amides is 1. The highest BCUT2D eigenvalue weighted by atomic mass is 32.2. The van der Waals surface area contributed by atoms with Crippen molar-refractivity contribution in [3.63, 3.8) is 0 Å². The SMILES string of the molecule is COCC(=O)N1CC2NS(=O)(=O)c3cccnc3OC2C1. The number of hydrogen-bond donors (Lipinski definition) is 1. The standard InChI is InChI=1S/C12H15N3O5S/c1-19-7-11(16)15-5-8-9(6-15)20-12-10(3-2-4-13-12)21(17,18)14-8/h2-4,8-9,14H,5-7H2,1H3. The van der Waals surface area contributed by atoms with Crippen molar-refractivity contribution in [3.05, 3.63) is 18.3 Å². The maximum absolute atomic E-state index is 12.3. The highest BCUT2D eigenvalue weighted by Gasteiger charge is 2.42. The number of nitrogens with zero attached hydrogens (tertiary/aromatic N) is 2. The molecule has 0 aromatic carbocycles. The van der Waals surface area contributed by atoms with Crippen molar-refractivity contribution in [2.24, 2.45) is 0 Å². The lowest BCUT2D eigenvalue weighted by Gasteiger charge is -2.16. The first-order chi connectivity index (χ1) is 10.0. The number of carbonyl (C=O) groups is 1. The zero-order valence-electron chi connectivity index (χ0n) is 11.4. The summed E-state index contributed by atoms with van der Waals surface area (Å²) in [7, 11) is -2.26. The number of methoxy groups -OCH3 is 1. The number of ether oxygens (including phenoxy) is 2. The Balaban J connectivity index is 1.88. The van der Waals surface area contributed by atoms with Crippen LogP contribution in [0.2, 0.25) is 0 Å². The first kappa shape index (κ1) is 14.2. The minimum Gasteiger partial charge on any atom is -0.470 e. The molecule has 0 bridgehead atoms. The van der Waals surface area contributed by atoms with Gasteiger partial charge in [0.2, 0.25) is 21.8 Å². The molecular weight excluding hydrogens is 298 g/mol. The number of hydrogen-bond acceptors (Lipinski definition) is 6. The van der Waals surface area contributed by atoms with E-state index >= 15 is 0 Å². The Bertz CT molecular complexity index is 663. The molecule has 2 unspecified atom stereocenters. The zero-order valence-corrected chi connectivity index (χ0v) is 12.2. The van der Waals surface area contributed by atoms with Crippen LogP contribution in [0.15, 0.2) is 23.2 Å². The van der Waals surface area contributed by atoms with Crippen LogP contribution in [0.1, 0.15) is 0 Å². The second-order valence-electron chi connectivity index (χ2n) is 4.92. The summed E-state index contributed by atoms with van der Waals surface area (Å²) in [6.45, 7) is 0.506. The molecule has 0 spiro atoms. The lowest BCUT2D eigenvalue weighted by Crippen LogP contribution is -2.43. The minimum atomic E-state index is -3.70. The number of rotatable bonds is 2. The molecule has 0 radical (unpaired) electrons. The van der Waals surface area contributed by atoms with Crippen molar-refractivity contribution in [1.82, 2.24) is 14.6 Å². The molecule has 9 heteroatoms. The first-order valence-electron chi connectivity index (χ1n) is 6.42. The number of sulfonamides is 1. The van der Waals surface area contributed by atoms with Crippen LogP contribution in [0, 0.1) is 0 Å². The van der Waals surface area contributed by atoms with Crippen LogP contribution in [0.3, 0.4) is 0 Å². The van der Waals surface area contributed by atoms with Gasteiger partial charge in [0, 0.05) is 19.9 Å². The van der Waals surface area contributed by atoms with Crippen molar-refractivity contribution >= 4 is 15.9 Å². The van der Waals surface area contributed by atoms with Crippen LogP contribution in [-0.2, 0) is 19.6 Å². The normalized spacial score (nSPS) is 26.4. The van der Waals surface area contributed by atoms with Gasteiger partial charge in [0.25, 0.3) is 0 Å². The van der Waals surface area contributed by atoms with Gasteiger partial charge in [-0.15, -0.1) is 0 Å². The van der Waals surface area contributed by atoms with Gasteiger partial charge in [-0.1, -0.05) is 0 Å². The van der Waals surface area contributed by atoms with E-state index in [0.717, 1.165) is 0 Å². The summed E-state index contributed by atoms with van der Waals surface area (Å²) in [5, 5.41) is 0. The Labute approximate surface area is 122 Å². The van der Waals surface area contributed by atoms with Crippen molar-refractivity contribution in [2.75, 3.05) is 26.8 Å². The molecule has 2 aliphatic rings. The third kappa shape index (κ3) is 2.59. The number of pyridine rings is 1. The molecular formula is C12H15N3O5S. The fourth-order valence-corrected chi connectivity index (χ4v) is 3.84. The van der Waals surface area contributed by atoms with Gasteiger partial charge in [0.05, 0.1) is 12.6 Å². The van der Waals surface area contributed by atoms with Crippen LogP contribution in [-0.4, -0.2) is 63.2 Å². The molecule has 1 saturated heterocycles. The van der Waals surface area contributed by atoms with Gasteiger partial charge in [-0.05, 0) is 12.1 Å². The number of carbonyl (C=O) groups excluding carboxylic acids is 1. The predicted octanol–water partition coefficient (Wildman–Crippen LogP) is -1.02. The number of nitrogens with one attached hydrogen (secondary N) is 1. The second kappa shape index (κ2) is 5.24. The lowest BCUT2D eigenvalue weighted by molar-refractivity contribution is -0.134. The fraction of sp³-hybridized carbons (Fsp3) is 0.500. The number of likely N-dealkylation sites (tertiary alicyclic amines) is 1. The molecule has 1 amide bonds. The molecule has 0 aliphatic carbocycles. The van der Waals surface area contributed by atoms with Gasteiger partial charge in [-0.3, -0.25) is 4.79 Å². The van der Waals surface area contributed by atoms with Crippen LogP contribution in [0.25, 0.3) is 0 Å². The zero-order chi connectivity index (χ0) is 15.0. The fourth-order valence-electron chi connectivity index (χ4n) is 2.50. The van der Waals surface area contributed by atoms with E-state index in [9.17, 15) is 13.2 Å². The molecule has 3 heterocycles. The Morgan fingerprint density at radius 1 is 1.57 bits per heavy atom. The molecule has 21 heavy (non-hydrogen) atoms. The van der Waals surface area contributed by atoms with E-state index < -0.39 is 22.2 Å². The molecule has 0 saturated carbocycles. The van der Waals surface area contributed by atoms with Crippen molar-refractivity contribution in [3.8, 4) is 5.88 Å². The van der Waals surface area contributed by atoms with E-state index in [1.54, 1.807) is 0 Å². The van der Waals surface area contributed by atoms with Gasteiger partial charge >= 0.3 is 0 Å². The third-order valence-electron chi connectivity index (χ3n) is 3.48. The smallest absolute Gasteiger partial charge is 0.248 e. The highest BCUT2D eigenvalue weighted by molar-refractivity contribution is 7.89. The van der Waals surface area contributed by atoms with Gasteiger partial charge < -0.3 is 14.4 Å². The van der Waals surface area contributed by atoms with Crippen LogP contribution < -0.4 is 9.46 Å². The summed E-state index contributed by atoms with van der Waals surface area (Å²) in [6.07, 6.45) is 1.01.